The monoisotopic (exact) mass is 317 g/mol. The zero-order chi connectivity index (χ0) is 15.8. The van der Waals surface area contributed by atoms with E-state index >= 15 is 0 Å². The predicted molar refractivity (Wildman–Crippen MR) is 84.1 cm³/mol. The van der Waals surface area contributed by atoms with Crippen molar-refractivity contribution in [2.24, 2.45) is 4.99 Å². The van der Waals surface area contributed by atoms with Gasteiger partial charge in [-0.15, -0.1) is 11.3 Å². The Bertz CT molecular complexity index is 650. The van der Waals surface area contributed by atoms with Crippen LogP contribution in [0.2, 0.25) is 0 Å². The van der Waals surface area contributed by atoms with Gasteiger partial charge in [-0.2, -0.15) is 4.99 Å². The Morgan fingerprint density at radius 2 is 1.91 bits per heavy atom. The number of nitrogens with zero attached hydrogens (tertiary/aromatic N) is 1. The van der Waals surface area contributed by atoms with Crippen LogP contribution < -0.4 is 0 Å². The van der Waals surface area contributed by atoms with Gasteiger partial charge in [0.05, 0.1) is 7.11 Å². The van der Waals surface area contributed by atoms with Gasteiger partial charge in [0.25, 0.3) is 0 Å². The predicted octanol–water partition coefficient (Wildman–Crippen LogP) is 3.24. The maximum atomic E-state index is 11.8. The molecule has 22 heavy (non-hydrogen) atoms. The molecular weight excluding hydrogens is 302 g/mol. The van der Waals surface area contributed by atoms with E-state index in [1.807, 2.05) is 47.8 Å². The number of amides is 1. The van der Waals surface area contributed by atoms with E-state index in [0.29, 0.717) is 0 Å². The van der Waals surface area contributed by atoms with Crippen LogP contribution in [0.5, 0.6) is 0 Å². The van der Waals surface area contributed by atoms with Crippen LogP contribution in [0.1, 0.15) is 10.4 Å². The topological polar surface area (TPSA) is 65.0 Å². The lowest BCUT2D eigenvalue weighted by Crippen LogP contribution is -2.20. The minimum absolute atomic E-state index is 0.0306. The Morgan fingerprint density at radius 1 is 1.14 bits per heavy atom. The van der Waals surface area contributed by atoms with Gasteiger partial charge in [-0.05, 0) is 17.0 Å². The minimum atomic E-state index is -0.805. The van der Waals surface area contributed by atoms with Gasteiger partial charge in [-0.25, -0.2) is 9.59 Å². The lowest BCUT2D eigenvalue weighted by molar-refractivity contribution is -0.132. The van der Waals surface area contributed by atoms with Crippen molar-refractivity contribution in [1.29, 1.82) is 0 Å². The number of esters is 1. The third-order valence-electron chi connectivity index (χ3n) is 2.77. The number of ether oxygens (including phenoxy) is 2. The Balaban J connectivity index is 2.01. The molecule has 0 bridgehead atoms. The molecule has 0 fully saturated rings. The van der Waals surface area contributed by atoms with E-state index in [2.05, 4.69) is 9.73 Å². The van der Waals surface area contributed by atoms with Crippen molar-refractivity contribution in [1.82, 2.24) is 0 Å². The molecule has 0 atom stereocenters. The number of carbonyl (C=O) groups is 2. The number of thiophene rings is 1. The van der Waals surface area contributed by atoms with Crippen LogP contribution in [0.4, 0.5) is 4.79 Å². The summed E-state index contributed by atoms with van der Waals surface area (Å²) in [4.78, 5) is 28.1. The normalized spacial score (nSPS) is 11.0. The molecule has 1 amide bonds. The van der Waals surface area contributed by atoms with Gasteiger partial charge >= 0.3 is 12.1 Å². The molecule has 1 heterocycles. The number of rotatable bonds is 5. The number of hydrogen-bond donors (Lipinski definition) is 0. The molecule has 6 heteroatoms. The van der Waals surface area contributed by atoms with Crippen LogP contribution in [0.25, 0.3) is 0 Å². The molecule has 0 saturated carbocycles. The lowest BCUT2D eigenvalue weighted by atomic mass is 10.2. The Kier molecular flexibility index (Phi) is 5.85. The van der Waals surface area contributed by atoms with E-state index in [1.54, 1.807) is 0 Å². The summed E-state index contributed by atoms with van der Waals surface area (Å²) >= 11 is 1.48. The third-order valence-corrected chi connectivity index (χ3v) is 3.65. The van der Waals surface area contributed by atoms with Gasteiger partial charge in [0.2, 0.25) is 0 Å². The number of benzene rings is 1. The molecule has 114 valence electrons. The summed E-state index contributed by atoms with van der Waals surface area (Å²) in [6.07, 6.45) is -0.564. The van der Waals surface area contributed by atoms with Crippen molar-refractivity contribution in [3.63, 3.8) is 0 Å². The van der Waals surface area contributed by atoms with E-state index in [4.69, 9.17) is 4.74 Å². The van der Waals surface area contributed by atoms with Crippen LogP contribution in [-0.2, 0) is 27.3 Å². The first-order valence-corrected chi connectivity index (χ1v) is 7.46. The van der Waals surface area contributed by atoms with Gasteiger partial charge in [0.15, 0.2) is 0 Å². The van der Waals surface area contributed by atoms with Gasteiger partial charge in [-0.3, -0.25) is 0 Å². The van der Waals surface area contributed by atoms with Crippen molar-refractivity contribution in [2.45, 2.75) is 13.0 Å². The van der Waals surface area contributed by atoms with Crippen molar-refractivity contribution in [3.05, 3.63) is 58.3 Å². The summed E-state index contributed by atoms with van der Waals surface area (Å²) in [5.74, 6) is -0.634. The fourth-order valence-electron chi connectivity index (χ4n) is 1.72. The van der Waals surface area contributed by atoms with Gasteiger partial charge in [-0.1, -0.05) is 36.4 Å². The van der Waals surface area contributed by atoms with Crippen LogP contribution in [0.15, 0.2) is 52.8 Å². The van der Waals surface area contributed by atoms with Crippen molar-refractivity contribution < 1.29 is 19.1 Å². The summed E-state index contributed by atoms with van der Waals surface area (Å²) in [5, 5.41) is 1.89. The van der Waals surface area contributed by atoms with E-state index in [1.165, 1.54) is 18.4 Å². The van der Waals surface area contributed by atoms with Gasteiger partial charge in [0, 0.05) is 11.3 Å². The van der Waals surface area contributed by atoms with Crippen LogP contribution >= 0.6 is 11.3 Å². The Morgan fingerprint density at radius 3 is 2.55 bits per heavy atom. The molecule has 1 aromatic carbocycles. The highest BCUT2D eigenvalue weighted by molar-refractivity contribution is 7.10. The molecule has 0 N–H and O–H groups in total. The van der Waals surface area contributed by atoms with Gasteiger partial charge < -0.3 is 9.47 Å². The van der Waals surface area contributed by atoms with E-state index < -0.39 is 12.1 Å². The molecule has 0 spiro atoms. The van der Waals surface area contributed by atoms with Crippen molar-refractivity contribution in [3.8, 4) is 0 Å². The zero-order valence-corrected chi connectivity index (χ0v) is 12.8. The summed E-state index contributed by atoms with van der Waals surface area (Å²) in [7, 11) is 1.25. The first kappa shape index (κ1) is 15.9. The summed E-state index contributed by atoms with van der Waals surface area (Å²) < 4.78 is 9.69. The van der Waals surface area contributed by atoms with E-state index in [-0.39, 0.29) is 18.7 Å². The summed E-state index contributed by atoms with van der Waals surface area (Å²) in [6.45, 7) is 0.108. The molecule has 5 nitrogen and oxygen atoms in total. The fourth-order valence-corrected chi connectivity index (χ4v) is 2.42. The highest BCUT2D eigenvalue weighted by Gasteiger charge is 2.16. The number of methoxy groups -OCH3 is 1. The van der Waals surface area contributed by atoms with Crippen LogP contribution in [0.3, 0.4) is 0 Å². The van der Waals surface area contributed by atoms with Crippen molar-refractivity contribution in [2.75, 3.05) is 7.11 Å². The lowest BCUT2D eigenvalue weighted by Gasteiger charge is -2.04. The molecule has 0 aliphatic carbocycles. The quantitative estimate of drug-likeness (QED) is 0.627. The molecule has 0 unspecified atom stereocenters. The Labute approximate surface area is 132 Å². The highest BCUT2D eigenvalue weighted by Crippen LogP contribution is 2.11. The molecule has 0 saturated heterocycles. The van der Waals surface area contributed by atoms with E-state index in [0.717, 1.165) is 10.4 Å². The second kappa shape index (κ2) is 8.09. The molecule has 2 rings (SSSR count). The maximum absolute atomic E-state index is 11.8. The minimum Gasteiger partial charge on any atom is -0.465 e. The third kappa shape index (κ3) is 4.82. The number of aliphatic imine (C=N–C) groups is 1. The smallest absolute Gasteiger partial charge is 0.434 e. The van der Waals surface area contributed by atoms with Gasteiger partial charge in [0.1, 0.15) is 12.3 Å². The standard InChI is InChI=1S/C16H15NO4S/c1-20-15(18)14(10-13-8-5-9-22-13)17-16(19)21-11-12-6-3-2-4-7-12/h2-9H,10-11H2,1H3. The zero-order valence-electron chi connectivity index (χ0n) is 12.0. The molecule has 1 aromatic heterocycles. The second-order valence-corrected chi connectivity index (χ2v) is 5.38. The first-order valence-electron chi connectivity index (χ1n) is 6.58. The first-order chi connectivity index (χ1) is 10.7. The fraction of sp³-hybridized carbons (Fsp3) is 0.188. The highest BCUT2D eigenvalue weighted by atomic mass is 32.1. The number of carbonyl (C=O) groups excluding carboxylic acids is 2. The molecule has 0 aliphatic rings. The maximum Gasteiger partial charge on any atom is 0.434 e. The summed E-state index contributed by atoms with van der Waals surface area (Å²) in [5.41, 5.74) is 0.881. The van der Waals surface area contributed by atoms with Crippen molar-refractivity contribution >= 4 is 29.1 Å². The molecule has 0 aliphatic heterocycles. The average molecular weight is 317 g/mol. The largest absolute Gasteiger partial charge is 0.465 e. The molecule has 0 radical (unpaired) electrons. The Hall–Kier alpha value is -2.47. The molecule has 2 aromatic rings. The molecular formula is C16H15NO4S. The second-order valence-electron chi connectivity index (χ2n) is 4.35. The average Bonchev–Trinajstić information content (AvgIpc) is 3.05. The number of hydrogen-bond acceptors (Lipinski definition) is 5. The summed E-state index contributed by atoms with van der Waals surface area (Å²) in [6, 6.07) is 13.0. The van der Waals surface area contributed by atoms with Crippen LogP contribution in [-0.4, -0.2) is 24.9 Å². The van der Waals surface area contributed by atoms with Crippen LogP contribution in [0, 0.1) is 0 Å². The SMILES string of the molecule is COC(=O)C(Cc1cccs1)=NC(=O)OCc1ccccc1. The van der Waals surface area contributed by atoms with E-state index in [9.17, 15) is 9.59 Å².